The number of nitrogens with zero attached hydrogens (tertiary/aromatic N) is 3. The van der Waals surface area contributed by atoms with Crippen LogP contribution in [0.15, 0.2) is 33.6 Å². The zero-order valence-corrected chi connectivity index (χ0v) is 13.4. The molecule has 23 heavy (non-hydrogen) atoms. The van der Waals surface area contributed by atoms with E-state index in [0.717, 1.165) is 12.8 Å². The van der Waals surface area contributed by atoms with E-state index in [4.69, 9.17) is 9.68 Å². The van der Waals surface area contributed by atoms with Gasteiger partial charge in [0.05, 0.1) is 4.90 Å². The highest BCUT2D eigenvalue weighted by molar-refractivity contribution is 7.89. The van der Waals surface area contributed by atoms with Crippen LogP contribution in [0.5, 0.6) is 0 Å². The third kappa shape index (κ3) is 2.81. The van der Waals surface area contributed by atoms with Gasteiger partial charge in [0, 0.05) is 25.7 Å². The molecule has 7 nitrogen and oxygen atoms in total. The minimum absolute atomic E-state index is 0.163. The van der Waals surface area contributed by atoms with Crippen LogP contribution < -0.4 is 5.32 Å². The largest absolute Gasteiger partial charge is 0.419 e. The van der Waals surface area contributed by atoms with Crippen LogP contribution in [0.25, 0.3) is 11.5 Å². The predicted molar refractivity (Wildman–Crippen MR) is 84.2 cm³/mol. The first-order valence-corrected chi connectivity index (χ1v) is 8.69. The van der Waals surface area contributed by atoms with Crippen molar-refractivity contribution in [2.75, 3.05) is 25.5 Å². The van der Waals surface area contributed by atoms with E-state index in [9.17, 15) is 8.42 Å². The average Bonchev–Trinajstić information content (AvgIpc) is 3.24. The SMILES string of the molecule is CNc1oc(-c2ccc(S(=O)(=O)N3CCCC3)cc2)nc1C#N. The summed E-state index contributed by atoms with van der Waals surface area (Å²) in [6.07, 6.45) is 1.80. The van der Waals surface area contributed by atoms with E-state index in [2.05, 4.69) is 10.3 Å². The topological polar surface area (TPSA) is 99.2 Å². The number of hydrogen-bond acceptors (Lipinski definition) is 6. The first kappa shape index (κ1) is 15.5. The summed E-state index contributed by atoms with van der Waals surface area (Å²) in [5, 5.41) is 11.7. The zero-order valence-electron chi connectivity index (χ0n) is 12.6. The van der Waals surface area contributed by atoms with Crippen LogP contribution in [0.3, 0.4) is 0 Å². The van der Waals surface area contributed by atoms with Crippen molar-refractivity contribution in [3.05, 3.63) is 30.0 Å². The molecule has 3 rings (SSSR count). The Hall–Kier alpha value is -2.37. The average molecular weight is 332 g/mol. The Labute approximate surface area is 134 Å². The molecular formula is C15H16N4O3S. The number of anilines is 1. The highest BCUT2D eigenvalue weighted by Crippen LogP contribution is 2.27. The molecule has 120 valence electrons. The molecule has 0 unspecified atom stereocenters. The molecule has 2 heterocycles. The van der Waals surface area contributed by atoms with E-state index in [-0.39, 0.29) is 22.4 Å². The lowest BCUT2D eigenvalue weighted by Crippen LogP contribution is -2.27. The molecule has 8 heteroatoms. The Morgan fingerprint density at radius 2 is 1.91 bits per heavy atom. The third-order valence-electron chi connectivity index (χ3n) is 3.76. The molecule has 1 N–H and O–H groups in total. The van der Waals surface area contributed by atoms with Crippen LogP contribution in [0.4, 0.5) is 5.88 Å². The Morgan fingerprint density at radius 1 is 1.26 bits per heavy atom. The number of nitrogens with one attached hydrogen (secondary N) is 1. The molecule has 0 aliphatic carbocycles. The molecule has 0 spiro atoms. The molecule has 0 radical (unpaired) electrons. The summed E-state index contributed by atoms with van der Waals surface area (Å²) in [6.45, 7) is 1.14. The van der Waals surface area contributed by atoms with Crippen LogP contribution in [-0.2, 0) is 10.0 Å². The van der Waals surface area contributed by atoms with E-state index in [1.165, 1.54) is 16.4 Å². The number of sulfonamides is 1. The minimum Gasteiger partial charge on any atom is -0.419 e. The van der Waals surface area contributed by atoms with Crippen molar-refractivity contribution in [1.82, 2.24) is 9.29 Å². The lowest BCUT2D eigenvalue weighted by molar-refractivity contribution is 0.477. The van der Waals surface area contributed by atoms with Gasteiger partial charge in [0.1, 0.15) is 6.07 Å². The van der Waals surface area contributed by atoms with Crippen LogP contribution in [0.2, 0.25) is 0 Å². The number of oxazole rings is 1. The summed E-state index contributed by atoms with van der Waals surface area (Å²) >= 11 is 0. The van der Waals surface area contributed by atoms with Gasteiger partial charge < -0.3 is 9.73 Å². The Morgan fingerprint density at radius 3 is 2.43 bits per heavy atom. The number of nitriles is 1. The van der Waals surface area contributed by atoms with Crippen molar-refractivity contribution >= 4 is 15.9 Å². The molecule has 1 aromatic heterocycles. The fourth-order valence-electron chi connectivity index (χ4n) is 2.54. The quantitative estimate of drug-likeness (QED) is 0.920. The van der Waals surface area contributed by atoms with E-state index < -0.39 is 10.0 Å². The van der Waals surface area contributed by atoms with E-state index in [1.807, 2.05) is 6.07 Å². The molecule has 2 aromatic rings. The Balaban J connectivity index is 1.90. The summed E-state index contributed by atoms with van der Waals surface area (Å²) in [5.41, 5.74) is 0.777. The van der Waals surface area contributed by atoms with Gasteiger partial charge in [-0.3, -0.25) is 0 Å². The van der Waals surface area contributed by atoms with Crippen molar-refractivity contribution in [1.29, 1.82) is 5.26 Å². The summed E-state index contributed by atoms with van der Waals surface area (Å²) in [4.78, 5) is 4.34. The number of rotatable bonds is 4. The smallest absolute Gasteiger partial charge is 0.243 e. The van der Waals surface area contributed by atoms with Crippen molar-refractivity contribution in [3.8, 4) is 17.5 Å². The van der Waals surface area contributed by atoms with Gasteiger partial charge in [0.25, 0.3) is 0 Å². The van der Waals surface area contributed by atoms with Gasteiger partial charge in [-0.1, -0.05) is 0 Å². The number of hydrogen-bond donors (Lipinski definition) is 1. The minimum atomic E-state index is -3.43. The maximum absolute atomic E-state index is 12.5. The number of aromatic nitrogens is 1. The summed E-state index contributed by atoms with van der Waals surface area (Å²) in [7, 11) is -1.80. The van der Waals surface area contributed by atoms with Crippen molar-refractivity contribution < 1.29 is 12.8 Å². The molecule has 1 fully saturated rings. The predicted octanol–water partition coefficient (Wildman–Crippen LogP) is 2.04. The van der Waals surface area contributed by atoms with Crippen LogP contribution in [0, 0.1) is 11.3 Å². The van der Waals surface area contributed by atoms with Crippen molar-refractivity contribution in [2.45, 2.75) is 17.7 Å². The van der Waals surface area contributed by atoms with Crippen LogP contribution in [0.1, 0.15) is 18.5 Å². The van der Waals surface area contributed by atoms with Gasteiger partial charge in [-0.15, -0.1) is 0 Å². The fourth-order valence-corrected chi connectivity index (χ4v) is 4.05. The van der Waals surface area contributed by atoms with Crippen LogP contribution >= 0.6 is 0 Å². The first-order valence-electron chi connectivity index (χ1n) is 7.25. The van der Waals surface area contributed by atoms with Crippen molar-refractivity contribution in [2.24, 2.45) is 0 Å². The van der Waals surface area contributed by atoms with Gasteiger partial charge in [0.15, 0.2) is 0 Å². The lowest BCUT2D eigenvalue weighted by atomic mass is 10.2. The van der Waals surface area contributed by atoms with Gasteiger partial charge in [-0.25, -0.2) is 8.42 Å². The molecule has 0 bridgehead atoms. The third-order valence-corrected chi connectivity index (χ3v) is 5.68. The molecule has 0 amide bonds. The van der Waals surface area contributed by atoms with E-state index >= 15 is 0 Å². The zero-order chi connectivity index (χ0) is 16.4. The Bertz CT molecular complexity index is 844. The molecule has 1 aliphatic rings. The van der Waals surface area contributed by atoms with E-state index in [0.29, 0.717) is 18.7 Å². The standard InChI is InChI=1S/C15H16N4O3S/c1-17-15-13(10-16)18-14(22-15)11-4-6-12(7-5-11)23(20,21)19-8-2-3-9-19/h4-7,17H,2-3,8-9H2,1H3. The van der Waals surface area contributed by atoms with Gasteiger partial charge in [0.2, 0.25) is 27.5 Å². The highest BCUT2D eigenvalue weighted by atomic mass is 32.2. The van der Waals surface area contributed by atoms with Gasteiger partial charge in [-0.05, 0) is 37.1 Å². The maximum Gasteiger partial charge on any atom is 0.243 e. The monoisotopic (exact) mass is 332 g/mol. The Kier molecular flexibility index (Phi) is 4.07. The second-order valence-corrected chi connectivity index (χ2v) is 7.13. The molecule has 1 aliphatic heterocycles. The van der Waals surface area contributed by atoms with Gasteiger partial charge in [-0.2, -0.15) is 14.6 Å². The summed E-state index contributed by atoms with van der Waals surface area (Å²) in [5.74, 6) is 0.562. The first-order chi connectivity index (χ1) is 11.1. The second-order valence-electron chi connectivity index (χ2n) is 5.19. The van der Waals surface area contributed by atoms with Gasteiger partial charge >= 0.3 is 0 Å². The van der Waals surface area contributed by atoms with E-state index in [1.54, 1.807) is 19.2 Å². The molecule has 0 saturated carbocycles. The van der Waals surface area contributed by atoms with Crippen molar-refractivity contribution in [3.63, 3.8) is 0 Å². The van der Waals surface area contributed by atoms with Crippen LogP contribution in [-0.4, -0.2) is 37.8 Å². The molecule has 0 atom stereocenters. The molecular weight excluding hydrogens is 316 g/mol. The normalized spacial score (nSPS) is 15.5. The lowest BCUT2D eigenvalue weighted by Gasteiger charge is -2.15. The highest BCUT2D eigenvalue weighted by Gasteiger charge is 2.27. The fraction of sp³-hybridized carbons (Fsp3) is 0.333. The maximum atomic E-state index is 12.5. The summed E-state index contributed by atoms with van der Waals surface area (Å²) in [6, 6.07) is 8.29. The second kappa shape index (κ2) is 6.02. The number of benzene rings is 1. The molecule has 1 saturated heterocycles. The summed E-state index contributed by atoms with van der Waals surface area (Å²) < 4.78 is 31.9. The molecule has 1 aromatic carbocycles.